The zero-order valence-electron chi connectivity index (χ0n) is 7.23. The summed E-state index contributed by atoms with van der Waals surface area (Å²) in [6.45, 7) is 2.15. The SMILES string of the molecule is CC(C[Si](Cl)Cl)c1cccc(Br)c1. The highest BCUT2D eigenvalue weighted by atomic mass is 79.9. The summed E-state index contributed by atoms with van der Waals surface area (Å²) in [5.41, 5.74) is 1.29. The van der Waals surface area contributed by atoms with Gasteiger partial charge in [-0.05, 0) is 29.7 Å². The van der Waals surface area contributed by atoms with Gasteiger partial charge in [0.15, 0.2) is 0 Å². The summed E-state index contributed by atoms with van der Waals surface area (Å²) in [5.74, 6) is 0.446. The predicted octanol–water partition coefficient (Wildman–Crippen LogP) is 4.52. The van der Waals surface area contributed by atoms with Crippen LogP contribution in [-0.2, 0) is 0 Å². The molecule has 0 amide bonds. The fourth-order valence-corrected chi connectivity index (χ4v) is 3.67. The fraction of sp³-hybridized carbons (Fsp3) is 0.333. The Morgan fingerprint density at radius 2 is 2.15 bits per heavy atom. The Balaban J connectivity index is 2.71. The van der Waals surface area contributed by atoms with Gasteiger partial charge in [0.2, 0.25) is 0 Å². The highest BCUT2D eigenvalue weighted by Crippen LogP contribution is 2.25. The van der Waals surface area contributed by atoms with Crippen LogP contribution < -0.4 is 0 Å². The molecule has 1 aromatic carbocycles. The molecule has 1 unspecified atom stereocenters. The number of halogens is 3. The van der Waals surface area contributed by atoms with Crippen molar-refractivity contribution in [2.24, 2.45) is 0 Å². The van der Waals surface area contributed by atoms with Crippen molar-refractivity contribution in [1.29, 1.82) is 0 Å². The van der Waals surface area contributed by atoms with Crippen LogP contribution in [0.4, 0.5) is 0 Å². The molecule has 0 bridgehead atoms. The highest BCUT2D eigenvalue weighted by Gasteiger charge is 2.12. The third-order valence-corrected chi connectivity index (χ3v) is 4.22. The second kappa shape index (κ2) is 5.40. The van der Waals surface area contributed by atoms with E-state index in [2.05, 4.69) is 35.0 Å². The zero-order valence-corrected chi connectivity index (χ0v) is 11.3. The molecule has 0 saturated carbocycles. The standard InChI is InChI=1S/C9H10BrCl2Si/c1-7(6-13(11)12)8-3-2-4-9(10)5-8/h2-5,7H,6H2,1H3. The molecular weight excluding hydrogens is 287 g/mol. The van der Waals surface area contributed by atoms with Crippen LogP contribution in [0.15, 0.2) is 28.7 Å². The molecule has 0 aliphatic heterocycles. The van der Waals surface area contributed by atoms with Crippen LogP contribution >= 0.6 is 38.1 Å². The average molecular weight is 297 g/mol. The highest BCUT2D eigenvalue weighted by molar-refractivity contribution is 9.10. The molecule has 4 heteroatoms. The minimum absolute atomic E-state index is 0.446. The summed E-state index contributed by atoms with van der Waals surface area (Å²) in [6.07, 6.45) is 0. The second-order valence-corrected chi connectivity index (χ2v) is 8.32. The molecule has 1 aromatic rings. The third kappa shape index (κ3) is 4.02. The summed E-state index contributed by atoms with van der Waals surface area (Å²) >= 11 is 15.1. The monoisotopic (exact) mass is 295 g/mol. The topological polar surface area (TPSA) is 0 Å². The van der Waals surface area contributed by atoms with E-state index in [9.17, 15) is 0 Å². The molecule has 13 heavy (non-hydrogen) atoms. The Morgan fingerprint density at radius 1 is 1.46 bits per heavy atom. The summed E-state index contributed by atoms with van der Waals surface area (Å²) in [7, 11) is -1.16. The third-order valence-electron chi connectivity index (χ3n) is 1.88. The van der Waals surface area contributed by atoms with Crippen LogP contribution in [0.2, 0.25) is 6.04 Å². The van der Waals surface area contributed by atoms with Gasteiger partial charge in [0.25, 0.3) is 7.42 Å². The van der Waals surface area contributed by atoms with Crippen molar-refractivity contribution in [3.8, 4) is 0 Å². The molecule has 0 aliphatic rings. The molecule has 0 N–H and O–H groups in total. The first kappa shape index (κ1) is 11.6. The van der Waals surface area contributed by atoms with Gasteiger partial charge in [-0.1, -0.05) is 35.0 Å². The quantitative estimate of drug-likeness (QED) is 0.568. The molecule has 0 saturated heterocycles. The Kier molecular flexibility index (Phi) is 4.80. The Bertz CT molecular complexity index is 278. The van der Waals surface area contributed by atoms with Gasteiger partial charge in [-0.25, -0.2) is 0 Å². The van der Waals surface area contributed by atoms with Gasteiger partial charge < -0.3 is 0 Å². The Labute approximate surface area is 98.4 Å². The molecule has 71 valence electrons. The van der Waals surface area contributed by atoms with Gasteiger partial charge >= 0.3 is 0 Å². The Hall–Kier alpha value is 0.497. The van der Waals surface area contributed by atoms with E-state index in [1.165, 1.54) is 5.56 Å². The molecule has 1 atom stereocenters. The number of rotatable bonds is 3. The van der Waals surface area contributed by atoms with E-state index in [1.807, 2.05) is 12.1 Å². The first-order valence-corrected chi connectivity index (χ1v) is 8.54. The van der Waals surface area contributed by atoms with Gasteiger partial charge in [0, 0.05) is 4.47 Å². The van der Waals surface area contributed by atoms with Crippen LogP contribution in [0.25, 0.3) is 0 Å². The Morgan fingerprint density at radius 3 is 2.69 bits per heavy atom. The van der Waals surface area contributed by atoms with E-state index in [4.69, 9.17) is 22.2 Å². The molecule has 0 spiro atoms. The van der Waals surface area contributed by atoms with Crippen molar-refractivity contribution in [3.05, 3.63) is 34.3 Å². The van der Waals surface area contributed by atoms with E-state index in [1.54, 1.807) is 0 Å². The minimum atomic E-state index is -1.16. The van der Waals surface area contributed by atoms with E-state index in [0.717, 1.165) is 10.5 Å². The van der Waals surface area contributed by atoms with E-state index in [0.29, 0.717) is 5.92 Å². The smallest absolute Gasteiger partial charge is 0.147 e. The molecular formula is C9H10BrCl2Si. The van der Waals surface area contributed by atoms with Crippen molar-refractivity contribution in [2.75, 3.05) is 0 Å². The molecule has 0 aromatic heterocycles. The maximum Gasteiger partial charge on any atom is 0.274 e. The first-order valence-electron chi connectivity index (χ1n) is 4.02. The number of hydrogen-bond acceptors (Lipinski definition) is 0. The molecule has 1 rings (SSSR count). The minimum Gasteiger partial charge on any atom is -0.147 e. The van der Waals surface area contributed by atoms with Gasteiger partial charge in [-0.3, -0.25) is 0 Å². The van der Waals surface area contributed by atoms with Crippen LogP contribution in [0.1, 0.15) is 18.4 Å². The van der Waals surface area contributed by atoms with Crippen LogP contribution in [0.3, 0.4) is 0 Å². The molecule has 0 fully saturated rings. The summed E-state index contributed by atoms with van der Waals surface area (Å²) in [5, 5.41) is 0. The van der Waals surface area contributed by atoms with E-state index < -0.39 is 7.42 Å². The maximum atomic E-state index is 5.82. The lowest BCUT2D eigenvalue weighted by Crippen LogP contribution is -2.00. The van der Waals surface area contributed by atoms with Gasteiger partial charge in [0.1, 0.15) is 0 Å². The van der Waals surface area contributed by atoms with Crippen molar-refractivity contribution in [1.82, 2.24) is 0 Å². The van der Waals surface area contributed by atoms with Crippen molar-refractivity contribution in [3.63, 3.8) is 0 Å². The van der Waals surface area contributed by atoms with Crippen LogP contribution in [0, 0.1) is 0 Å². The number of hydrogen-bond donors (Lipinski definition) is 0. The van der Waals surface area contributed by atoms with Gasteiger partial charge in [-0.2, -0.15) is 0 Å². The number of benzene rings is 1. The molecule has 0 nitrogen and oxygen atoms in total. The average Bonchev–Trinajstić information content (AvgIpc) is 2.03. The van der Waals surface area contributed by atoms with Gasteiger partial charge in [0.05, 0.1) is 0 Å². The fourth-order valence-electron chi connectivity index (χ4n) is 1.16. The molecule has 0 heterocycles. The second-order valence-electron chi connectivity index (χ2n) is 3.00. The van der Waals surface area contributed by atoms with E-state index in [-0.39, 0.29) is 0 Å². The molecule has 0 aliphatic carbocycles. The lowest BCUT2D eigenvalue weighted by Gasteiger charge is -2.11. The largest absolute Gasteiger partial charge is 0.274 e. The zero-order chi connectivity index (χ0) is 9.84. The van der Waals surface area contributed by atoms with Gasteiger partial charge in [-0.15, -0.1) is 22.2 Å². The lowest BCUT2D eigenvalue weighted by molar-refractivity contribution is 0.860. The summed E-state index contributed by atoms with van der Waals surface area (Å²) in [6, 6.07) is 9.16. The summed E-state index contributed by atoms with van der Waals surface area (Å²) < 4.78 is 1.11. The first-order chi connectivity index (χ1) is 6.09. The van der Waals surface area contributed by atoms with Crippen molar-refractivity contribution < 1.29 is 0 Å². The van der Waals surface area contributed by atoms with E-state index >= 15 is 0 Å². The van der Waals surface area contributed by atoms with Crippen LogP contribution in [0.5, 0.6) is 0 Å². The summed E-state index contributed by atoms with van der Waals surface area (Å²) in [4.78, 5) is 0. The lowest BCUT2D eigenvalue weighted by atomic mass is 10.0. The normalized spacial score (nSPS) is 13.3. The maximum absolute atomic E-state index is 5.82. The predicted molar refractivity (Wildman–Crippen MR) is 64.8 cm³/mol. The molecule has 1 radical (unpaired) electrons. The van der Waals surface area contributed by atoms with Crippen molar-refractivity contribution in [2.45, 2.75) is 18.9 Å². The van der Waals surface area contributed by atoms with Crippen molar-refractivity contribution >= 4 is 45.5 Å². The van der Waals surface area contributed by atoms with Crippen LogP contribution in [-0.4, -0.2) is 7.42 Å².